The zero-order valence-corrected chi connectivity index (χ0v) is 8.59. The third kappa shape index (κ3) is 4.24. The second kappa shape index (κ2) is 6.12. The normalized spacial score (nSPS) is 21.6. The van der Waals surface area contributed by atoms with E-state index in [-0.39, 0.29) is 0 Å². The largest absolute Gasteiger partial charge is 0.287 e. The number of nitrogens with zero attached hydrogens (tertiary/aromatic N) is 1. The average molecular weight is 161 g/mol. The van der Waals surface area contributed by atoms with Gasteiger partial charge >= 0.3 is 0 Å². The van der Waals surface area contributed by atoms with Crippen LogP contribution in [0.15, 0.2) is 0 Å². The van der Waals surface area contributed by atoms with E-state index in [0.717, 1.165) is 5.92 Å². The van der Waals surface area contributed by atoms with Gasteiger partial charge in [0.25, 0.3) is 0 Å². The molecule has 0 radical (unpaired) electrons. The maximum Gasteiger partial charge on any atom is 0.00187 e. The molecule has 0 aromatic heterocycles. The van der Waals surface area contributed by atoms with Gasteiger partial charge < -0.3 is 0 Å². The molecule has 0 aromatic carbocycles. The Morgan fingerprint density at radius 1 is 1.20 bits per heavy atom. The molecule has 0 bridgehead atoms. The predicted octanol–water partition coefficient (Wildman–Crippen LogP) is 2.53. The second-order valence-corrected chi connectivity index (χ2v) is 3.45. The third-order valence-electron chi connectivity index (χ3n) is 1.82. The Labute approximate surface area is 67.4 Å². The van der Waals surface area contributed by atoms with E-state index < -0.39 is 0 Å². The fourth-order valence-corrected chi connectivity index (χ4v) is 1.33. The van der Waals surface area contributed by atoms with Crippen molar-refractivity contribution in [2.24, 2.45) is 5.92 Å². The molecule has 0 N–H and O–H groups in total. The quantitative estimate of drug-likeness (QED) is 0.493. The van der Waals surface area contributed by atoms with Gasteiger partial charge in [0, 0.05) is 13.1 Å². The molecular formula is C8H20NP. The zero-order valence-electron chi connectivity index (χ0n) is 7.43. The molecule has 0 aliphatic carbocycles. The molecule has 62 valence electrons. The topological polar surface area (TPSA) is 3.24 Å². The van der Waals surface area contributed by atoms with Crippen LogP contribution in [0.5, 0.6) is 0 Å². The van der Waals surface area contributed by atoms with Gasteiger partial charge in [-0.1, -0.05) is 30.2 Å². The van der Waals surface area contributed by atoms with Crippen molar-refractivity contribution in [3.8, 4) is 0 Å². The lowest BCUT2D eigenvalue weighted by molar-refractivity contribution is 0.307. The SMILES string of the molecule is CC.CC1CCN(P)CC1. The van der Waals surface area contributed by atoms with Gasteiger partial charge in [-0.05, 0) is 18.8 Å². The lowest BCUT2D eigenvalue weighted by atomic mass is 10.0. The van der Waals surface area contributed by atoms with Crippen LogP contribution in [0.3, 0.4) is 0 Å². The standard InChI is InChI=1S/C6H14NP.C2H6/c1-6-2-4-7(8)5-3-6;1-2/h6H,2-5,8H2,1H3;1-2H3. The lowest BCUT2D eigenvalue weighted by Crippen LogP contribution is -2.24. The summed E-state index contributed by atoms with van der Waals surface area (Å²) in [4.78, 5) is 0. The van der Waals surface area contributed by atoms with Crippen LogP contribution < -0.4 is 0 Å². The first-order valence-corrected chi connectivity index (χ1v) is 4.80. The van der Waals surface area contributed by atoms with E-state index in [1.807, 2.05) is 13.8 Å². The molecule has 1 nitrogen and oxygen atoms in total. The lowest BCUT2D eigenvalue weighted by Gasteiger charge is -2.25. The van der Waals surface area contributed by atoms with Crippen LogP contribution in [0, 0.1) is 5.92 Å². The van der Waals surface area contributed by atoms with Gasteiger partial charge in [-0.3, -0.25) is 4.67 Å². The Kier molecular flexibility index (Phi) is 6.36. The Bertz CT molecular complexity index is 57.7. The van der Waals surface area contributed by atoms with E-state index in [0.29, 0.717) is 0 Å². The molecule has 0 aromatic rings. The predicted molar refractivity (Wildman–Crippen MR) is 51.0 cm³/mol. The van der Waals surface area contributed by atoms with Crippen molar-refractivity contribution in [1.29, 1.82) is 0 Å². The van der Waals surface area contributed by atoms with E-state index in [1.54, 1.807) is 0 Å². The Hall–Kier alpha value is 0.390. The maximum atomic E-state index is 2.76. The van der Waals surface area contributed by atoms with Gasteiger partial charge in [0.15, 0.2) is 0 Å². The summed E-state index contributed by atoms with van der Waals surface area (Å²) in [6.07, 6.45) is 2.76. The molecule has 1 rings (SSSR count). The van der Waals surface area contributed by atoms with Crippen molar-refractivity contribution in [3.05, 3.63) is 0 Å². The number of rotatable bonds is 0. The molecular weight excluding hydrogens is 141 g/mol. The fraction of sp³-hybridized carbons (Fsp3) is 1.00. The third-order valence-corrected chi connectivity index (χ3v) is 2.33. The molecule has 1 atom stereocenters. The highest BCUT2D eigenvalue weighted by Crippen LogP contribution is 2.17. The summed E-state index contributed by atoms with van der Waals surface area (Å²) in [6, 6.07) is 0. The first-order valence-electron chi connectivity index (χ1n) is 4.28. The molecule has 1 saturated heterocycles. The van der Waals surface area contributed by atoms with Crippen molar-refractivity contribution in [1.82, 2.24) is 4.67 Å². The number of piperidine rings is 1. The van der Waals surface area contributed by atoms with Crippen LogP contribution in [0.4, 0.5) is 0 Å². The number of hydrogen-bond acceptors (Lipinski definition) is 1. The first kappa shape index (κ1) is 10.4. The smallest absolute Gasteiger partial charge is 0.00187 e. The van der Waals surface area contributed by atoms with Crippen LogP contribution >= 0.6 is 9.39 Å². The second-order valence-electron chi connectivity index (χ2n) is 2.72. The summed E-state index contributed by atoms with van der Waals surface area (Å²) < 4.78 is 2.32. The molecule has 0 amide bonds. The van der Waals surface area contributed by atoms with Crippen LogP contribution in [0.25, 0.3) is 0 Å². The number of hydrogen-bond donors (Lipinski definition) is 0. The van der Waals surface area contributed by atoms with Gasteiger partial charge in [0.1, 0.15) is 0 Å². The van der Waals surface area contributed by atoms with Crippen molar-refractivity contribution in [2.45, 2.75) is 33.6 Å². The molecule has 1 heterocycles. The van der Waals surface area contributed by atoms with E-state index in [2.05, 4.69) is 21.0 Å². The molecule has 0 saturated carbocycles. The molecule has 10 heavy (non-hydrogen) atoms. The van der Waals surface area contributed by atoms with Gasteiger partial charge in [0.2, 0.25) is 0 Å². The van der Waals surface area contributed by atoms with Crippen LogP contribution in [-0.4, -0.2) is 17.8 Å². The summed E-state index contributed by atoms with van der Waals surface area (Å²) in [7, 11) is 2.76. The minimum absolute atomic E-state index is 0.965. The summed E-state index contributed by atoms with van der Waals surface area (Å²) >= 11 is 0. The molecule has 1 unspecified atom stereocenters. The maximum absolute atomic E-state index is 2.76. The molecule has 0 spiro atoms. The van der Waals surface area contributed by atoms with Gasteiger partial charge in [0.05, 0.1) is 0 Å². The van der Waals surface area contributed by atoms with E-state index in [4.69, 9.17) is 0 Å². The summed E-state index contributed by atoms with van der Waals surface area (Å²) in [5, 5.41) is 0. The fourth-order valence-electron chi connectivity index (χ4n) is 1.03. The van der Waals surface area contributed by atoms with Gasteiger partial charge in [-0.25, -0.2) is 0 Å². The highest BCUT2D eigenvalue weighted by Gasteiger charge is 2.10. The van der Waals surface area contributed by atoms with Gasteiger partial charge in [-0.15, -0.1) is 0 Å². The summed E-state index contributed by atoms with van der Waals surface area (Å²) in [6.45, 7) is 8.87. The zero-order chi connectivity index (χ0) is 7.98. The molecule has 2 heteroatoms. The molecule has 1 aliphatic heterocycles. The summed E-state index contributed by atoms with van der Waals surface area (Å²) in [5.41, 5.74) is 0. The minimum Gasteiger partial charge on any atom is -0.287 e. The summed E-state index contributed by atoms with van der Waals surface area (Å²) in [5.74, 6) is 0.965. The van der Waals surface area contributed by atoms with E-state index in [1.165, 1.54) is 25.9 Å². The minimum atomic E-state index is 0.965. The highest BCUT2D eigenvalue weighted by atomic mass is 31.0. The van der Waals surface area contributed by atoms with Gasteiger partial charge in [-0.2, -0.15) is 0 Å². The Morgan fingerprint density at radius 2 is 1.60 bits per heavy atom. The van der Waals surface area contributed by atoms with Crippen molar-refractivity contribution < 1.29 is 0 Å². The van der Waals surface area contributed by atoms with E-state index >= 15 is 0 Å². The average Bonchev–Trinajstić information content (AvgIpc) is 2.00. The van der Waals surface area contributed by atoms with E-state index in [9.17, 15) is 0 Å². The van der Waals surface area contributed by atoms with Crippen LogP contribution in [0.2, 0.25) is 0 Å². The van der Waals surface area contributed by atoms with Crippen molar-refractivity contribution in [3.63, 3.8) is 0 Å². The Morgan fingerprint density at radius 3 is 1.90 bits per heavy atom. The molecule has 1 aliphatic rings. The Balaban J connectivity index is 0.000000371. The van der Waals surface area contributed by atoms with Crippen LogP contribution in [0.1, 0.15) is 33.6 Å². The van der Waals surface area contributed by atoms with Crippen molar-refractivity contribution >= 4 is 9.39 Å². The van der Waals surface area contributed by atoms with Crippen LogP contribution in [-0.2, 0) is 0 Å². The molecule has 1 fully saturated rings. The first-order chi connectivity index (χ1) is 4.79. The highest BCUT2D eigenvalue weighted by molar-refractivity contribution is 7.13. The monoisotopic (exact) mass is 161 g/mol. The van der Waals surface area contributed by atoms with Crippen molar-refractivity contribution in [2.75, 3.05) is 13.1 Å².